The number of aromatic amines is 1. The fourth-order valence-corrected chi connectivity index (χ4v) is 8.36. The maximum atomic E-state index is 14.9. The first-order valence-corrected chi connectivity index (χ1v) is 23.8. The van der Waals surface area contributed by atoms with E-state index in [1.54, 1.807) is 32.0 Å². The third kappa shape index (κ3) is 16.5. The van der Waals surface area contributed by atoms with Crippen LogP contribution in [0.4, 0.5) is 0 Å². The summed E-state index contributed by atoms with van der Waals surface area (Å²) in [5.74, 6) is -6.76. The van der Waals surface area contributed by atoms with Gasteiger partial charge in [-0.05, 0) is 94.1 Å². The molecule has 72 heavy (non-hydrogen) atoms. The number of hydrogen-bond donors (Lipinski definition) is 9. The van der Waals surface area contributed by atoms with Crippen molar-refractivity contribution >= 4 is 58.2 Å². The molecule has 1 aromatic heterocycles. The summed E-state index contributed by atoms with van der Waals surface area (Å²) >= 11 is 0. The van der Waals surface area contributed by atoms with Crippen molar-refractivity contribution in [3.05, 3.63) is 113 Å². The first kappa shape index (κ1) is 59.0. The van der Waals surface area contributed by atoms with Gasteiger partial charge in [0.2, 0.25) is 47.3 Å². The fraction of sp³-hybridized carbons (Fsp3) is 0.440. The Morgan fingerprint density at radius 1 is 0.722 bits per heavy atom. The summed E-state index contributed by atoms with van der Waals surface area (Å²) in [4.78, 5) is 112. The Hall–Kier alpha value is -5.60. The Morgan fingerprint density at radius 3 is 1.85 bits per heavy atom. The van der Waals surface area contributed by atoms with Crippen LogP contribution in [0.3, 0.4) is 0 Å². The quantitative estimate of drug-likeness (QED) is 0.0720. The van der Waals surface area contributed by atoms with Crippen molar-refractivity contribution < 1.29 is 55.4 Å². The molecular weight excluding hydrogens is 966 g/mol. The smallest absolute Gasteiger partial charge is 0.246 e. The molecular formula is C50H67FeN13O8. The molecule has 12 radical (unpaired) electrons. The molecule has 1 aromatic carbocycles. The number of nitrogens with one attached hydrogen (secondary N) is 5. The van der Waals surface area contributed by atoms with E-state index in [2.05, 4.69) is 36.6 Å². The zero-order chi connectivity index (χ0) is 51.8. The van der Waals surface area contributed by atoms with Crippen molar-refractivity contribution in [2.45, 2.75) is 115 Å². The summed E-state index contributed by atoms with van der Waals surface area (Å²) in [5, 5.41) is 21.7. The molecule has 2 aliphatic carbocycles. The van der Waals surface area contributed by atoms with Gasteiger partial charge in [-0.15, -0.1) is 0 Å². The van der Waals surface area contributed by atoms with Gasteiger partial charge in [0.25, 0.3) is 0 Å². The number of benzene rings is 1. The predicted octanol–water partition coefficient (Wildman–Crippen LogP) is 0.159. The van der Waals surface area contributed by atoms with Crippen LogP contribution in [0.5, 0.6) is 0 Å². The van der Waals surface area contributed by atoms with Crippen LogP contribution in [-0.2, 0) is 61.8 Å². The minimum Gasteiger partial charge on any atom is -0.370 e. The van der Waals surface area contributed by atoms with E-state index in [-0.39, 0.29) is 48.4 Å². The molecule has 6 rings (SSSR count). The minimum absolute atomic E-state index is 0. The molecule has 1 saturated heterocycles. The van der Waals surface area contributed by atoms with Crippen molar-refractivity contribution in [3.63, 3.8) is 0 Å². The first-order valence-electron chi connectivity index (χ1n) is 23.8. The van der Waals surface area contributed by atoms with Gasteiger partial charge < -0.3 is 54.1 Å². The number of carbonyl (C=O) groups is 8. The number of fused-ring (bicyclic) bond motifs is 1. The number of primary amides is 3. The van der Waals surface area contributed by atoms with Crippen LogP contribution in [-0.4, -0.2) is 124 Å². The molecule has 21 nitrogen and oxygen atoms in total. The summed E-state index contributed by atoms with van der Waals surface area (Å²) in [5.41, 5.74) is 24.4. The van der Waals surface area contributed by atoms with Crippen molar-refractivity contribution in [2.75, 3.05) is 13.1 Å². The van der Waals surface area contributed by atoms with Crippen molar-refractivity contribution in [2.24, 2.45) is 45.1 Å². The van der Waals surface area contributed by atoms with Crippen LogP contribution in [0, 0.1) is 88.4 Å². The molecule has 2 aliphatic heterocycles. The number of hydrogen-bond acceptors (Lipinski definition) is 12. The fourth-order valence-electron chi connectivity index (χ4n) is 8.36. The Bertz CT molecular complexity index is 2190. The number of nitrogens with two attached hydrogens (primary N) is 4. The zero-order valence-electron chi connectivity index (χ0n) is 40.9. The van der Waals surface area contributed by atoms with Gasteiger partial charge in [0.15, 0.2) is 0 Å². The SMILES string of the molecule is CC[C@H](C)C(N)C(=O)N[C@@H](CC(N)=O)C(=O)N[C@@H](CC(N)=O)C(=O)N[C@H](C(=O)N1CC(N2CC([C]3[CH][CH][CH][CH][CH]3)N=N2)C[C@H]1C(=O)N[C@@H](Cc1c[nH]c2ccccc12)C(N)=O)[C@@H](C)CC.[CH]1[CH][CH][CH][CH][CH]1.[Fe]. The van der Waals surface area contributed by atoms with Gasteiger partial charge >= 0.3 is 0 Å². The van der Waals surface area contributed by atoms with Gasteiger partial charge in [-0.2, -0.15) is 5.11 Å². The second kappa shape index (κ2) is 28.6. The summed E-state index contributed by atoms with van der Waals surface area (Å²) in [6, 6.07) is -1.31. The average Bonchev–Trinajstić information content (AvgIpc) is 4.14. The zero-order valence-corrected chi connectivity index (χ0v) is 42.0. The van der Waals surface area contributed by atoms with E-state index in [9.17, 15) is 38.4 Å². The van der Waals surface area contributed by atoms with Gasteiger partial charge in [0.05, 0.1) is 37.5 Å². The molecule has 3 unspecified atom stereocenters. The summed E-state index contributed by atoms with van der Waals surface area (Å²) in [6.07, 6.45) is 22.9. The molecule has 388 valence electrons. The van der Waals surface area contributed by atoms with E-state index in [0.717, 1.165) is 22.4 Å². The molecule has 2 aromatic rings. The molecule has 0 spiro atoms. The molecule has 22 heteroatoms. The van der Waals surface area contributed by atoms with Crippen molar-refractivity contribution in [1.29, 1.82) is 0 Å². The number of likely N-dealkylation sites (tertiary alicyclic amines) is 1. The number of amides is 8. The summed E-state index contributed by atoms with van der Waals surface area (Å²) < 4.78 is 0. The number of carbonyl (C=O) groups excluding carboxylic acids is 8. The molecule has 4 aliphatic rings. The third-order valence-corrected chi connectivity index (χ3v) is 13.0. The maximum absolute atomic E-state index is 14.9. The predicted molar refractivity (Wildman–Crippen MR) is 263 cm³/mol. The first-order chi connectivity index (χ1) is 33.9. The number of aromatic nitrogens is 1. The van der Waals surface area contributed by atoms with E-state index in [4.69, 9.17) is 22.9 Å². The average molecular weight is 1030 g/mol. The van der Waals surface area contributed by atoms with Crippen molar-refractivity contribution in [1.82, 2.24) is 36.2 Å². The number of rotatable bonds is 22. The standard InChI is InChI=1S/C44H61N13O8.C6H6.Fe/c1-5-23(3)37(47)43(64)52-31(18-35(45)58)40(61)51-32(19-36(46)59)41(62)53-38(24(4)6-2)44(65)56-21-27(57-22-33(54-55-57)25-12-8-7-9-13-25)17-34(56)42(63)50-30(39(48)60)16-26-20-49-29-15-11-10-14-28(26)29;1-2-4-6-5-3-1;/h7-15,20,23-24,27,30-34,37-38,49H,5-6,16-19,21-22,47H2,1-4H3,(H2,45,58)(H2,46,59)(H2,48,60)(H,50,63)(H,51,61)(H,52,64)(H,53,62);1-6H;/t23-,24-,27?,30-,31-,32-,33?,34-,37?,38-;;/m0../s1. The van der Waals surface area contributed by atoms with Crippen LogP contribution in [0.25, 0.3) is 10.9 Å². The number of H-pyrrole nitrogens is 1. The van der Waals surface area contributed by atoms with E-state index in [1.807, 2.05) is 102 Å². The third-order valence-electron chi connectivity index (χ3n) is 13.0. The van der Waals surface area contributed by atoms with Gasteiger partial charge in [-0.25, -0.2) is 0 Å². The molecule has 3 fully saturated rings. The van der Waals surface area contributed by atoms with Gasteiger partial charge in [-0.3, -0.25) is 43.4 Å². The molecule has 10 atom stereocenters. The van der Waals surface area contributed by atoms with Crippen LogP contribution in [0.15, 0.2) is 40.8 Å². The van der Waals surface area contributed by atoms with E-state index in [1.165, 1.54) is 4.90 Å². The van der Waals surface area contributed by atoms with Crippen LogP contribution >= 0.6 is 0 Å². The number of nitrogens with zero attached hydrogens (tertiary/aromatic N) is 4. The van der Waals surface area contributed by atoms with Crippen LogP contribution < -0.4 is 44.2 Å². The summed E-state index contributed by atoms with van der Waals surface area (Å²) in [7, 11) is 0. The molecule has 8 amide bonds. The maximum Gasteiger partial charge on any atom is 0.246 e. The van der Waals surface area contributed by atoms with E-state index < -0.39 is 108 Å². The van der Waals surface area contributed by atoms with E-state index >= 15 is 0 Å². The van der Waals surface area contributed by atoms with E-state index in [0.29, 0.717) is 19.4 Å². The monoisotopic (exact) mass is 1030 g/mol. The Labute approximate surface area is 433 Å². The van der Waals surface area contributed by atoms with Gasteiger partial charge in [0, 0.05) is 59.5 Å². The Kier molecular flexibility index (Phi) is 23.4. The van der Waals surface area contributed by atoms with Crippen LogP contribution in [0.2, 0.25) is 0 Å². The molecule has 0 bridgehead atoms. The Balaban J connectivity index is 0.00000149. The molecule has 13 N–H and O–H groups in total. The summed E-state index contributed by atoms with van der Waals surface area (Å²) in [6.45, 7) is 7.37. The second-order valence-corrected chi connectivity index (χ2v) is 18.1. The Morgan fingerprint density at radius 2 is 1.28 bits per heavy atom. The second-order valence-electron chi connectivity index (χ2n) is 18.1. The largest absolute Gasteiger partial charge is 0.370 e. The van der Waals surface area contributed by atoms with Gasteiger partial charge in [-0.1, -0.05) is 64.0 Å². The topological polar surface area (TPSA) is 336 Å². The van der Waals surface area contributed by atoms with Gasteiger partial charge in [0.1, 0.15) is 30.2 Å². The number of para-hydroxylation sites is 1. The minimum atomic E-state index is -1.68. The normalized spacial score (nSPS) is 21.8. The molecule has 2 saturated carbocycles. The molecule has 3 heterocycles. The van der Waals surface area contributed by atoms with Crippen LogP contribution in [0.1, 0.15) is 65.4 Å². The van der Waals surface area contributed by atoms with Crippen molar-refractivity contribution in [3.8, 4) is 0 Å².